The molecular formula is C20H24FN3O2. The predicted molar refractivity (Wildman–Crippen MR) is 100 cm³/mol. The van der Waals surface area contributed by atoms with Crippen molar-refractivity contribution in [3.8, 4) is 5.75 Å². The number of hydrogen-bond donors (Lipinski definition) is 1. The molecular weight excluding hydrogens is 333 g/mol. The molecule has 1 heterocycles. The van der Waals surface area contributed by atoms with E-state index in [0.717, 1.165) is 32.7 Å². The smallest absolute Gasteiger partial charge is 0.251 e. The van der Waals surface area contributed by atoms with Crippen LogP contribution in [0.4, 0.5) is 10.1 Å². The van der Waals surface area contributed by atoms with Gasteiger partial charge in [-0.15, -0.1) is 0 Å². The lowest BCUT2D eigenvalue weighted by atomic mass is 10.2. The van der Waals surface area contributed by atoms with Crippen LogP contribution in [0, 0.1) is 5.82 Å². The summed E-state index contributed by atoms with van der Waals surface area (Å²) in [6.07, 6.45) is 0. The quantitative estimate of drug-likeness (QED) is 0.862. The van der Waals surface area contributed by atoms with Gasteiger partial charge in [-0.1, -0.05) is 18.2 Å². The van der Waals surface area contributed by atoms with Gasteiger partial charge >= 0.3 is 0 Å². The maximum absolute atomic E-state index is 13.9. The van der Waals surface area contributed by atoms with Crippen molar-refractivity contribution in [3.05, 3.63) is 59.9 Å². The van der Waals surface area contributed by atoms with Crippen molar-refractivity contribution in [3.63, 3.8) is 0 Å². The first kappa shape index (κ1) is 18.2. The molecule has 0 atom stereocenters. The van der Waals surface area contributed by atoms with Crippen LogP contribution in [-0.4, -0.2) is 57.2 Å². The molecule has 0 radical (unpaired) electrons. The zero-order valence-corrected chi connectivity index (χ0v) is 15.0. The summed E-state index contributed by atoms with van der Waals surface area (Å²) in [6, 6.07) is 14.0. The monoisotopic (exact) mass is 357 g/mol. The molecule has 1 fully saturated rings. The van der Waals surface area contributed by atoms with Gasteiger partial charge in [-0.25, -0.2) is 4.39 Å². The molecule has 0 unspecified atom stereocenters. The van der Waals surface area contributed by atoms with Gasteiger partial charge in [0.1, 0.15) is 11.6 Å². The topological polar surface area (TPSA) is 44.8 Å². The van der Waals surface area contributed by atoms with Crippen molar-refractivity contribution >= 4 is 11.6 Å². The average molecular weight is 357 g/mol. The number of halogens is 1. The van der Waals surface area contributed by atoms with Crippen molar-refractivity contribution in [1.82, 2.24) is 10.2 Å². The predicted octanol–water partition coefficient (Wildman–Crippen LogP) is 2.39. The summed E-state index contributed by atoms with van der Waals surface area (Å²) in [5.41, 5.74) is 1.26. The number of ether oxygens (including phenoxy) is 1. The van der Waals surface area contributed by atoms with E-state index in [-0.39, 0.29) is 11.7 Å². The van der Waals surface area contributed by atoms with Crippen molar-refractivity contribution in [2.75, 3.05) is 51.3 Å². The molecule has 0 spiro atoms. The summed E-state index contributed by atoms with van der Waals surface area (Å²) in [4.78, 5) is 16.5. The molecule has 2 aromatic rings. The van der Waals surface area contributed by atoms with Crippen LogP contribution in [-0.2, 0) is 0 Å². The molecule has 0 aliphatic carbocycles. The summed E-state index contributed by atoms with van der Waals surface area (Å²) in [7, 11) is 1.58. The zero-order chi connectivity index (χ0) is 18.4. The number of piperazine rings is 1. The van der Waals surface area contributed by atoms with E-state index in [2.05, 4.69) is 15.1 Å². The van der Waals surface area contributed by atoms with E-state index in [1.807, 2.05) is 18.2 Å². The number of benzene rings is 2. The number of rotatable bonds is 6. The Balaban J connectivity index is 1.42. The number of nitrogens with zero attached hydrogens (tertiary/aromatic N) is 2. The second-order valence-electron chi connectivity index (χ2n) is 6.27. The van der Waals surface area contributed by atoms with Crippen molar-refractivity contribution in [2.45, 2.75) is 0 Å². The Morgan fingerprint density at radius 3 is 2.62 bits per heavy atom. The fourth-order valence-electron chi connectivity index (χ4n) is 3.11. The summed E-state index contributed by atoms with van der Waals surface area (Å²) in [5, 5.41) is 2.94. The van der Waals surface area contributed by atoms with E-state index >= 15 is 0 Å². The molecule has 2 aromatic carbocycles. The lowest BCUT2D eigenvalue weighted by Gasteiger charge is -2.36. The Morgan fingerprint density at radius 1 is 1.12 bits per heavy atom. The number of carbonyl (C=O) groups is 1. The second-order valence-corrected chi connectivity index (χ2v) is 6.27. The van der Waals surface area contributed by atoms with E-state index in [1.165, 1.54) is 6.07 Å². The lowest BCUT2D eigenvalue weighted by molar-refractivity contribution is 0.0947. The maximum Gasteiger partial charge on any atom is 0.251 e. The highest BCUT2D eigenvalue weighted by Crippen LogP contribution is 2.20. The van der Waals surface area contributed by atoms with Crippen LogP contribution in [0.2, 0.25) is 0 Å². The van der Waals surface area contributed by atoms with Gasteiger partial charge in [-0.3, -0.25) is 9.69 Å². The molecule has 3 rings (SSSR count). The molecule has 0 saturated carbocycles. The minimum absolute atomic E-state index is 0.103. The zero-order valence-electron chi connectivity index (χ0n) is 15.0. The fraction of sp³-hybridized carbons (Fsp3) is 0.350. The van der Waals surface area contributed by atoms with E-state index in [0.29, 0.717) is 23.5 Å². The van der Waals surface area contributed by atoms with Gasteiger partial charge in [-0.05, 0) is 30.3 Å². The molecule has 5 nitrogen and oxygen atoms in total. The van der Waals surface area contributed by atoms with Crippen LogP contribution in [0.5, 0.6) is 5.75 Å². The Morgan fingerprint density at radius 2 is 1.88 bits per heavy atom. The number of anilines is 1. The van der Waals surface area contributed by atoms with E-state index < -0.39 is 0 Å². The third kappa shape index (κ3) is 4.52. The molecule has 138 valence electrons. The van der Waals surface area contributed by atoms with Crippen LogP contribution < -0.4 is 15.0 Å². The molecule has 1 aliphatic heterocycles. The fourth-order valence-corrected chi connectivity index (χ4v) is 3.11. The van der Waals surface area contributed by atoms with Crippen molar-refractivity contribution < 1.29 is 13.9 Å². The Labute approximate surface area is 153 Å². The minimum Gasteiger partial charge on any atom is -0.497 e. The molecule has 0 aromatic heterocycles. The van der Waals surface area contributed by atoms with Crippen LogP contribution in [0.15, 0.2) is 48.5 Å². The lowest BCUT2D eigenvalue weighted by Crippen LogP contribution is -2.48. The Hall–Kier alpha value is -2.60. The number of amides is 1. The second kappa shape index (κ2) is 8.67. The number of carbonyl (C=O) groups excluding carboxylic acids is 1. The van der Waals surface area contributed by atoms with Gasteiger partial charge in [-0.2, -0.15) is 0 Å². The Bertz CT molecular complexity index is 745. The summed E-state index contributed by atoms with van der Waals surface area (Å²) >= 11 is 0. The highest BCUT2D eigenvalue weighted by atomic mass is 19.1. The summed E-state index contributed by atoms with van der Waals surface area (Å²) in [6.45, 7) is 4.62. The SMILES string of the molecule is COc1cccc(C(=O)NCCN2CCN(c3ccccc3F)CC2)c1. The first-order valence-electron chi connectivity index (χ1n) is 8.81. The number of para-hydroxylation sites is 1. The van der Waals surface area contributed by atoms with Gasteiger partial charge in [0.25, 0.3) is 5.91 Å². The van der Waals surface area contributed by atoms with Gasteiger partial charge in [0.2, 0.25) is 0 Å². The average Bonchev–Trinajstić information content (AvgIpc) is 2.69. The molecule has 1 amide bonds. The third-order valence-electron chi connectivity index (χ3n) is 4.61. The standard InChI is InChI=1S/C20H24FN3O2/c1-26-17-6-4-5-16(15-17)20(25)22-9-10-23-11-13-24(14-12-23)19-8-3-2-7-18(19)21/h2-8,15H,9-14H2,1H3,(H,22,25). The maximum atomic E-state index is 13.9. The van der Waals surface area contributed by atoms with Crippen LogP contribution in [0.3, 0.4) is 0 Å². The highest BCUT2D eigenvalue weighted by Gasteiger charge is 2.19. The van der Waals surface area contributed by atoms with E-state index in [1.54, 1.807) is 31.4 Å². The largest absolute Gasteiger partial charge is 0.497 e. The highest BCUT2D eigenvalue weighted by molar-refractivity contribution is 5.94. The summed E-state index contributed by atoms with van der Waals surface area (Å²) in [5.74, 6) is 0.391. The minimum atomic E-state index is -0.175. The van der Waals surface area contributed by atoms with Crippen LogP contribution in [0.25, 0.3) is 0 Å². The molecule has 6 heteroatoms. The molecule has 26 heavy (non-hydrogen) atoms. The normalized spacial score (nSPS) is 14.9. The first-order chi connectivity index (χ1) is 12.7. The molecule has 1 aliphatic rings. The van der Waals surface area contributed by atoms with Crippen LogP contribution >= 0.6 is 0 Å². The summed E-state index contributed by atoms with van der Waals surface area (Å²) < 4.78 is 19.0. The van der Waals surface area contributed by atoms with Gasteiger partial charge in [0.15, 0.2) is 0 Å². The molecule has 1 N–H and O–H groups in total. The first-order valence-corrected chi connectivity index (χ1v) is 8.81. The molecule has 1 saturated heterocycles. The van der Waals surface area contributed by atoms with E-state index in [4.69, 9.17) is 4.74 Å². The van der Waals surface area contributed by atoms with Gasteiger partial charge in [0.05, 0.1) is 12.8 Å². The van der Waals surface area contributed by atoms with Crippen molar-refractivity contribution in [2.24, 2.45) is 0 Å². The van der Waals surface area contributed by atoms with Crippen molar-refractivity contribution in [1.29, 1.82) is 0 Å². The van der Waals surface area contributed by atoms with Gasteiger partial charge < -0.3 is 15.0 Å². The van der Waals surface area contributed by atoms with E-state index in [9.17, 15) is 9.18 Å². The van der Waals surface area contributed by atoms with Gasteiger partial charge in [0, 0.05) is 44.8 Å². The molecule has 0 bridgehead atoms. The third-order valence-corrected chi connectivity index (χ3v) is 4.61. The Kier molecular flexibility index (Phi) is 6.07. The van der Waals surface area contributed by atoms with Crippen LogP contribution in [0.1, 0.15) is 10.4 Å². The number of nitrogens with one attached hydrogen (secondary N) is 1. The number of hydrogen-bond acceptors (Lipinski definition) is 4. The number of methoxy groups -OCH3 is 1.